The number of nitrogens with one attached hydrogen (secondary N) is 1. The molecular weight excluding hydrogens is 236 g/mol. The van der Waals surface area contributed by atoms with Crippen molar-refractivity contribution in [1.29, 1.82) is 0 Å². The van der Waals surface area contributed by atoms with E-state index >= 15 is 0 Å². The number of nitrogens with two attached hydrogens (primary N) is 1. The zero-order chi connectivity index (χ0) is 13.4. The van der Waals surface area contributed by atoms with Gasteiger partial charge in [0, 0.05) is 32.5 Å². The topological polar surface area (TPSA) is 102 Å². The molecule has 1 rings (SSSR count). The maximum absolute atomic E-state index is 11.7. The lowest BCUT2D eigenvalue weighted by Crippen LogP contribution is -2.57. The Labute approximate surface area is 107 Å². The number of carboxylic acids is 1. The number of carboxylic acid groups (broad SMARTS) is 1. The van der Waals surface area contributed by atoms with Crippen LogP contribution >= 0.6 is 0 Å². The largest absolute Gasteiger partial charge is 0.480 e. The highest BCUT2D eigenvalue weighted by atomic mass is 16.5. The summed E-state index contributed by atoms with van der Waals surface area (Å²) >= 11 is 0. The molecule has 0 aromatic heterocycles. The molecule has 0 spiro atoms. The molecule has 0 unspecified atom stereocenters. The van der Waals surface area contributed by atoms with Gasteiger partial charge in [-0.15, -0.1) is 0 Å². The third kappa shape index (κ3) is 4.27. The minimum atomic E-state index is -1.14. The molecule has 6 nitrogen and oxygen atoms in total. The van der Waals surface area contributed by atoms with Gasteiger partial charge >= 0.3 is 5.97 Å². The Bertz CT molecular complexity index is 288. The number of rotatable bonds is 7. The van der Waals surface area contributed by atoms with E-state index < -0.39 is 11.5 Å². The zero-order valence-electron chi connectivity index (χ0n) is 10.6. The van der Waals surface area contributed by atoms with E-state index in [9.17, 15) is 14.7 Å². The standard InChI is InChI=1S/C12H22N2O4/c13-7-3-1-2-4-10(15)14-12(11(16)17)5-8-18-9-6-12/h1-9,13H2,(H,14,15)(H,16,17). The Kier molecular flexibility index (Phi) is 6.07. The smallest absolute Gasteiger partial charge is 0.329 e. The van der Waals surface area contributed by atoms with Gasteiger partial charge in [0.15, 0.2) is 0 Å². The molecule has 4 N–H and O–H groups in total. The Morgan fingerprint density at radius 3 is 2.44 bits per heavy atom. The SMILES string of the molecule is NCCCCCC(=O)NC1(C(=O)O)CCOCC1. The Balaban J connectivity index is 2.41. The molecule has 1 fully saturated rings. The van der Waals surface area contributed by atoms with Gasteiger partial charge in [-0.3, -0.25) is 4.79 Å². The summed E-state index contributed by atoms with van der Waals surface area (Å²) in [5.74, 6) is -1.17. The van der Waals surface area contributed by atoms with E-state index in [4.69, 9.17) is 10.5 Å². The summed E-state index contributed by atoms with van der Waals surface area (Å²) in [5, 5.41) is 11.9. The van der Waals surface area contributed by atoms with Crippen molar-refractivity contribution in [3.05, 3.63) is 0 Å². The molecule has 0 atom stereocenters. The van der Waals surface area contributed by atoms with E-state index in [1.165, 1.54) is 0 Å². The van der Waals surface area contributed by atoms with Crippen molar-refractivity contribution < 1.29 is 19.4 Å². The van der Waals surface area contributed by atoms with Crippen LogP contribution in [0.1, 0.15) is 38.5 Å². The van der Waals surface area contributed by atoms with E-state index in [-0.39, 0.29) is 5.91 Å². The first-order chi connectivity index (χ1) is 8.60. The van der Waals surface area contributed by atoms with Crippen molar-refractivity contribution in [3.63, 3.8) is 0 Å². The summed E-state index contributed by atoms with van der Waals surface area (Å²) in [6.07, 6.45) is 3.55. The van der Waals surface area contributed by atoms with Crippen molar-refractivity contribution >= 4 is 11.9 Å². The summed E-state index contributed by atoms with van der Waals surface area (Å²) in [4.78, 5) is 23.0. The summed E-state index contributed by atoms with van der Waals surface area (Å²) < 4.78 is 5.14. The van der Waals surface area contributed by atoms with Gasteiger partial charge in [-0.1, -0.05) is 6.42 Å². The third-order valence-electron chi connectivity index (χ3n) is 3.24. The number of unbranched alkanes of at least 4 members (excludes halogenated alkanes) is 2. The van der Waals surface area contributed by atoms with E-state index in [1.54, 1.807) is 0 Å². The van der Waals surface area contributed by atoms with Gasteiger partial charge in [-0.05, 0) is 19.4 Å². The molecule has 1 aliphatic heterocycles. The molecule has 0 radical (unpaired) electrons. The first-order valence-corrected chi connectivity index (χ1v) is 6.43. The van der Waals surface area contributed by atoms with Gasteiger partial charge in [0.25, 0.3) is 0 Å². The number of carbonyl (C=O) groups is 2. The Morgan fingerprint density at radius 1 is 1.22 bits per heavy atom. The summed E-state index contributed by atoms with van der Waals surface area (Å²) in [6, 6.07) is 0. The number of amides is 1. The molecule has 0 aliphatic carbocycles. The quantitative estimate of drug-likeness (QED) is 0.568. The average Bonchev–Trinajstić information content (AvgIpc) is 2.35. The fourth-order valence-electron chi connectivity index (χ4n) is 2.05. The van der Waals surface area contributed by atoms with Gasteiger partial charge in [0.1, 0.15) is 5.54 Å². The number of hydrogen-bond acceptors (Lipinski definition) is 4. The molecule has 6 heteroatoms. The highest BCUT2D eigenvalue weighted by Gasteiger charge is 2.41. The highest BCUT2D eigenvalue weighted by molar-refractivity contribution is 5.87. The number of carbonyl (C=O) groups excluding carboxylic acids is 1. The zero-order valence-corrected chi connectivity index (χ0v) is 10.6. The first-order valence-electron chi connectivity index (χ1n) is 6.43. The second kappa shape index (κ2) is 7.33. The van der Waals surface area contributed by atoms with Gasteiger partial charge in [0.05, 0.1) is 0 Å². The van der Waals surface area contributed by atoms with Crippen molar-refractivity contribution in [1.82, 2.24) is 5.32 Å². The number of hydrogen-bond donors (Lipinski definition) is 3. The fourth-order valence-corrected chi connectivity index (χ4v) is 2.05. The minimum absolute atomic E-state index is 0.198. The van der Waals surface area contributed by atoms with Crippen LogP contribution in [0.15, 0.2) is 0 Å². The molecule has 104 valence electrons. The van der Waals surface area contributed by atoms with Crippen molar-refractivity contribution in [3.8, 4) is 0 Å². The predicted octanol–water partition coefficient (Wildman–Crippen LogP) is 0.256. The summed E-state index contributed by atoms with van der Waals surface area (Å²) in [6.45, 7) is 1.37. The summed E-state index contributed by atoms with van der Waals surface area (Å²) in [7, 11) is 0. The minimum Gasteiger partial charge on any atom is -0.480 e. The number of ether oxygens (including phenoxy) is 1. The van der Waals surface area contributed by atoms with Crippen LogP contribution in [0, 0.1) is 0 Å². The normalized spacial score (nSPS) is 18.3. The van der Waals surface area contributed by atoms with Crippen LogP contribution in [0.4, 0.5) is 0 Å². The molecule has 1 heterocycles. The van der Waals surface area contributed by atoms with Gasteiger partial charge in [-0.2, -0.15) is 0 Å². The van der Waals surface area contributed by atoms with Crippen LogP contribution in [-0.4, -0.2) is 42.3 Å². The van der Waals surface area contributed by atoms with Crippen LogP contribution in [0.3, 0.4) is 0 Å². The van der Waals surface area contributed by atoms with Crippen LogP contribution in [0.2, 0.25) is 0 Å². The Hall–Kier alpha value is -1.14. The third-order valence-corrected chi connectivity index (χ3v) is 3.24. The molecule has 18 heavy (non-hydrogen) atoms. The summed E-state index contributed by atoms with van der Waals surface area (Å²) in [5.41, 5.74) is 4.23. The molecular formula is C12H22N2O4. The van der Waals surface area contributed by atoms with Crippen LogP contribution in [0.5, 0.6) is 0 Å². The van der Waals surface area contributed by atoms with Gasteiger partial charge in [0.2, 0.25) is 5.91 Å². The lowest BCUT2D eigenvalue weighted by atomic mass is 9.90. The van der Waals surface area contributed by atoms with E-state index in [0.29, 0.717) is 39.0 Å². The highest BCUT2D eigenvalue weighted by Crippen LogP contribution is 2.21. The average molecular weight is 258 g/mol. The molecule has 1 amide bonds. The van der Waals surface area contributed by atoms with Crippen molar-refractivity contribution in [2.75, 3.05) is 19.8 Å². The van der Waals surface area contributed by atoms with Gasteiger partial charge in [-0.25, -0.2) is 4.79 Å². The molecule has 0 bridgehead atoms. The lowest BCUT2D eigenvalue weighted by molar-refractivity contribution is -0.152. The maximum Gasteiger partial charge on any atom is 0.329 e. The maximum atomic E-state index is 11.7. The second-order valence-electron chi connectivity index (χ2n) is 4.65. The predicted molar refractivity (Wildman–Crippen MR) is 66.1 cm³/mol. The first kappa shape index (κ1) is 14.9. The monoisotopic (exact) mass is 258 g/mol. The van der Waals surface area contributed by atoms with E-state index in [1.807, 2.05) is 0 Å². The Morgan fingerprint density at radius 2 is 1.89 bits per heavy atom. The van der Waals surface area contributed by atoms with Crippen LogP contribution in [0.25, 0.3) is 0 Å². The van der Waals surface area contributed by atoms with Crippen molar-refractivity contribution in [2.45, 2.75) is 44.1 Å². The lowest BCUT2D eigenvalue weighted by Gasteiger charge is -2.33. The molecule has 0 aromatic rings. The van der Waals surface area contributed by atoms with Crippen LogP contribution < -0.4 is 11.1 Å². The van der Waals surface area contributed by atoms with Crippen molar-refractivity contribution in [2.24, 2.45) is 5.73 Å². The second-order valence-corrected chi connectivity index (χ2v) is 4.65. The molecule has 1 saturated heterocycles. The van der Waals surface area contributed by atoms with Gasteiger partial charge < -0.3 is 20.9 Å². The van der Waals surface area contributed by atoms with Crippen LogP contribution in [-0.2, 0) is 14.3 Å². The number of aliphatic carboxylic acids is 1. The van der Waals surface area contributed by atoms with E-state index in [2.05, 4.69) is 5.32 Å². The molecule has 1 aliphatic rings. The molecule has 0 aromatic carbocycles. The fraction of sp³-hybridized carbons (Fsp3) is 0.833. The van der Waals surface area contributed by atoms with E-state index in [0.717, 1.165) is 19.3 Å². The molecule has 0 saturated carbocycles.